The zero-order chi connectivity index (χ0) is 14.0. The first-order valence-corrected chi connectivity index (χ1v) is 8.56. The van der Waals surface area contributed by atoms with E-state index in [-0.39, 0.29) is 6.04 Å². The van der Waals surface area contributed by atoms with Crippen molar-refractivity contribution in [2.24, 2.45) is 5.92 Å². The van der Waals surface area contributed by atoms with Gasteiger partial charge in [-0.1, -0.05) is 6.92 Å². The second kappa shape index (κ2) is 5.60. The van der Waals surface area contributed by atoms with Crippen LogP contribution in [0.2, 0.25) is 0 Å². The van der Waals surface area contributed by atoms with Crippen LogP contribution in [0.4, 0.5) is 0 Å². The van der Waals surface area contributed by atoms with Gasteiger partial charge < -0.3 is 5.11 Å². The van der Waals surface area contributed by atoms with Crippen molar-refractivity contribution in [3.63, 3.8) is 0 Å². The van der Waals surface area contributed by atoms with Crippen LogP contribution in [-0.4, -0.2) is 25.5 Å². The Bertz CT molecular complexity index is 564. The van der Waals surface area contributed by atoms with Gasteiger partial charge >= 0.3 is 5.97 Å². The molecule has 106 valence electrons. The smallest absolute Gasteiger partial charge is 0.306 e. The molecule has 2 rings (SSSR count). The Morgan fingerprint density at radius 3 is 2.74 bits per heavy atom. The summed E-state index contributed by atoms with van der Waals surface area (Å²) in [7, 11) is -3.51. The van der Waals surface area contributed by atoms with E-state index in [4.69, 9.17) is 5.11 Å². The first-order chi connectivity index (χ1) is 8.92. The van der Waals surface area contributed by atoms with Crippen LogP contribution in [0.25, 0.3) is 0 Å². The van der Waals surface area contributed by atoms with Crippen LogP contribution < -0.4 is 4.72 Å². The Kier molecular flexibility index (Phi) is 4.27. The minimum atomic E-state index is -3.51. The van der Waals surface area contributed by atoms with Crippen molar-refractivity contribution < 1.29 is 18.3 Å². The predicted molar refractivity (Wildman–Crippen MR) is 72.8 cm³/mol. The molecule has 0 aromatic carbocycles. The van der Waals surface area contributed by atoms with Crippen LogP contribution >= 0.6 is 11.3 Å². The van der Waals surface area contributed by atoms with Crippen molar-refractivity contribution in [3.8, 4) is 0 Å². The van der Waals surface area contributed by atoms with Gasteiger partial charge in [0, 0.05) is 10.9 Å². The highest BCUT2D eigenvalue weighted by Crippen LogP contribution is 2.28. The van der Waals surface area contributed by atoms with Gasteiger partial charge in [0.25, 0.3) is 0 Å². The normalized spacial score (nSPS) is 23.6. The summed E-state index contributed by atoms with van der Waals surface area (Å²) in [6.45, 7) is 1.98. The van der Waals surface area contributed by atoms with Crippen molar-refractivity contribution in [2.75, 3.05) is 0 Å². The molecule has 0 bridgehead atoms. The van der Waals surface area contributed by atoms with Gasteiger partial charge in [-0.25, -0.2) is 13.1 Å². The van der Waals surface area contributed by atoms with Crippen molar-refractivity contribution in [1.82, 2.24) is 4.72 Å². The second-order valence-electron chi connectivity index (χ2n) is 4.74. The van der Waals surface area contributed by atoms with E-state index in [1.165, 1.54) is 11.3 Å². The van der Waals surface area contributed by atoms with E-state index in [0.29, 0.717) is 23.5 Å². The number of carbonyl (C=O) groups is 1. The van der Waals surface area contributed by atoms with Gasteiger partial charge in [0.05, 0.1) is 5.92 Å². The summed E-state index contributed by atoms with van der Waals surface area (Å²) in [5.41, 5.74) is 0. The number of hydrogen-bond donors (Lipinski definition) is 2. The maximum atomic E-state index is 12.1. The van der Waals surface area contributed by atoms with E-state index in [9.17, 15) is 13.2 Å². The molecule has 0 unspecified atom stereocenters. The van der Waals surface area contributed by atoms with Crippen molar-refractivity contribution in [3.05, 3.63) is 17.0 Å². The molecule has 1 heterocycles. The first-order valence-electron chi connectivity index (χ1n) is 6.26. The summed E-state index contributed by atoms with van der Waals surface area (Å²) in [5.74, 6) is -1.27. The third-order valence-electron chi connectivity index (χ3n) is 3.35. The highest BCUT2D eigenvalue weighted by atomic mass is 32.2. The number of aryl methyl sites for hydroxylation is 1. The van der Waals surface area contributed by atoms with Crippen molar-refractivity contribution in [2.45, 2.75) is 42.9 Å². The highest BCUT2D eigenvalue weighted by molar-refractivity contribution is 7.91. The second-order valence-corrected chi connectivity index (χ2v) is 7.85. The molecule has 1 aliphatic rings. The van der Waals surface area contributed by atoms with Crippen molar-refractivity contribution in [1.29, 1.82) is 0 Å². The topological polar surface area (TPSA) is 83.5 Å². The molecular formula is C12H17NO4S2. The van der Waals surface area contributed by atoms with Gasteiger partial charge in [0.15, 0.2) is 0 Å². The van der Waals surface area contributed by atoms with E-state index in [1.807, 2.05) is 13.0 Å². The molecule has 1 fully saturated rings. The lowest BCUT2D eigenvalue weighted by atomic mass is 10.1. The standard InChI is InChI=1S/C12H17NO4S2/c1-2-10-5-6-11(18-10)19(16,17)13-9-4-3-8(7-9)12(14)15/h5-6,8-9,13H,2-4,7H2,1H3,(H,14,15)/t8-,9+/m1/s1. The summed E-state index contributed by atoms with van der Waals surface area (Å²) in [5, 5.41) is 8.91. The molecule has 2 atom stereocenters. The van der Waals surface area contributed by atoms with Crippen LogP contribution in [0, 0.1) is 5.92 Å². The molecule has 19 heavy (non-hydrogen) atoms. The Morgan fingerprint density at radius 1 is 1.47 bits per heavy atom. The van der Waals surface area contributed by atoms with Crippen LogP contribution in [0.15, 0.2) is 16.3 Å². The average molecular weight is 303 g/mol. The predicted octanol–water partition coefficient (Wildman–Crippen LogP) is 1.84. The molecule has 7 heteroatoms. The fourth-order valence-electron chi connectivity index (χ4n) is 2.28. The number of sulfonamides is 1. The maximum Gasteiger partial charge on any atom is 0.306 e. The van der Waals surface area contributed by atoms with Gasteiger partial charge in [0.2, 0.25) is 10.0 Å². The molecule has 1 saturated carbocycles. The Morgan fingerprint density at radius 2 is 2.21 bits per heavy atom. The van der Waals surface area contributed by atoms with Crippen LogP contribution in [0.5, 0.6) is 0 Å². The number of carboxylic acids is 1. The van der Waals surface area contributed by atoms with Gasteiger partial charge in [-0.3, -0.25) is 4.79 Å². The molecule has 5 nitrogen and oxygen atoms in total. The SMILES string of the molecule is CCc1ccc(S(=O)(=O)N[C@H]2CC[C@@H](C(=O)O)C2)s1. The van der Waals surface area contributed by atoms with Crippen molar-refractivity contribution >= 4 is 27.3 Å². The van der Waals surface area contributed by atoms with Crippen LogP contribution in [0.1, 0.15) is 31.1 Å². The van der Waals surface area contributed by atoms with E-state index < -0.39 is 21.9 Å². The van der Waals surface area contributed by atoms with E-state index >= 15 is 0 Å². The molecule has 0 saturated heterocycles. The number of hydrogen-bond acceptors (Lipinski definition) is 4. The summed E-state index contributed by atoms with van der Waals surface area (Å²) in [6.07, 6.45) is 2.31. The largest absolute Gasteiger partial charge is 0.481 e. The molecule has 2 N–H and O–H groups in total. The summed E-state index contributed by atoms with van der Waals surface area (Å²) < 4.78 is 27.2. The number of nitrogens with one attached hydrogen (secondary N) is 1. The number of carboxylic acid groups (broad SMARTS) is 1. The lowest BCUT2D eigenvalue weighted by Gasteiger charge is -2.11. The zero-order valence-electron chi connectivity index (χ0n) is 10.6. The molecule has 0 spiro atoms. The molecular weight excluding hydrogens is 286 g/mol. The van der Waals surface area contributed by atoms with Gasteiger partial charge in [-0.15, -0.1) is 11.3 Å². The molecule has 1 aromatic rings. The molecule has 0 amide bonds. The summed E-state index contributed by atoms with van der Waals surface area (Å²) >= 11 is 1.26. The fraction of sp³-hybridized carbons (Fsp3) is 0.583. The lowest BCUT2D eigenvalue weighted by Crippen LogP contribution is -2.32. The van der Waals surface area contributed by atoms with Crippen LogP contribution in [-0.2, 0) is 21.2 Å². The summed E-state index contributed by atoms with van der Waals surface area (Å²) in [6, 6.07) is 3.15. The molecule has 0 aliphatic heterocycles. The van der Waals surface area contributed by atoms with Gasteiger partial charge in [-0.05, 0) is 37.8 Å². The van der Waals surface area contributed by atoms with E-state index in [0.717, 1.165) is 11.3 Å². The van der Waals surface area contributed by atoms with Crippen LogP contribution in [0.3, 0.4) is 0 Å². The number of thiophene rings is 1. The quantitative estimate of drug-likeness (QED) is 0.869. The maximum absolute atomic E-state index is 12.1. The van der Waals surface area contributed by atoms with Gasteiger partial charge in [-0.2, -0.15) is 0 Å². The average Bonchev–Trinajstić information content (AvgIpc) is 2.96. The highest BCUT2D eigenvalue weighted by Gasteiger charge is 2.32. The number of rotatable bonds is 5. The Hall–Kier alpha value is -0.920. The van der Waals surface area contributed by atoms with Gasteiger partial charge in [0.1, 0.15) is 4.21 Å². The number of aliphatic carboxylic acids is 1. The molecule has 1 aromatic heterocycles. The fourth-order valence-corrected chi connectivity index (χ4v) is 4.88. The Balaban J connectivity index is 2.04. The summed E-state index contributed by atoms with van der Waals surface area (Å²) in [4.78, 5) is 11.9. The zero-order valence-corrected chi connectivity index (χ0v) is 12.3. The van der Waals surface area contributed by atoms with E-state index in [2.05, 4.69) is 4.72 Å². The first kappa shape index (κ1) is 14.5. The lowest BCUT2D eigenvalue weighted by molar-refractivity contribution is -0.141. The third kappa shape index (κ3) is 3.34. The molecule has 0 radical (unpaired) electrons. The minimum absolute atomic E-state index is 0.265. The Labute approximate surface area is 116 Å². The third-order valence-corrected chi connectivity index (χ3v) is 6.60. The van der Waals surface area contributed by atoms with E-state index in [1.54, 1.807) is 6.07 Å². The molecule has 1 aliphatic carbocycles. The monoisotopic (exact) mass is 303 g/mol. The minimum Gasteiger partial charge on any atom is -0.481 e.